The van der Waals surface area contributed by atoms with Crippen LogP contribution < -0.4 is 10.2 Å². The molecule has 4 rings (SSSR count). The van der Waals surface area contributed by atoms with Crippen molar-refractivity contribution < 1.29 is 9.59 Å². The highest BCUT2D eigenvalue weighted by Gasteiger charge is 2.23. The summed E-state index contributed by atoms with van der Waals surface area (Å²) in [5.74, 6) is -0.166. The Morgan fingerprint density at radius 1 is 0.897 bits per heavy atom. The molecule has 0 atom stereocenters. The summed E-state index contributed by atoms with van der Waals surface area (Å²) >= 11 is 0. The van der Waals surface area contributed by atoms with Crippen LogP contribution in [0.5, 0.6) is 0 Å². The normalized spacial score (nSPS) is 13.5. The molecule has 2 amide bonds. The fourth-order valence-electron chi connectivity index (χ4n) is 3.80. The van der Waals surface area contributed by atoms with Gasteiger partial charge in [0.2, 0.25) is 0 Å². The minimum Gasteiger partial charge on any atom is -0.377 e. The van der Waals surface area contributed by atoms with Crippen LogP contribution in [0.4, 0.5) is 11.4 Å². The lowest BCUT2D eigenvalue weighted by Crippen LogP contribution is -2.29. The van der Waals surface area contributed by atoms with Crippen molar-refractivity contribution in [3.05, 3.63) is 71.8 Å². The quantitative estimate of drug-likeness (QED) is 0.722. The number of benzene rings is 3. The van der Waals surface area contributed by atoms with Crippen LogP contribution in [-0.2, 0) is 0 Å². The monoisotopic (exact) mass is 387 g/mol. The van der Waals surface area contributed by atoms with Crippen LogP contribution in [0, 0.1) is 0 Å². The molecule has 1 heterocycles. The number of anilines is 2. The molecule has 0 aliphatic carbocycles. The van der Waals surface area contributed by atoms with E-state index < -0.39 is 0 Å². The van der Waals surface area contributed by atoms with Crippen molar-refractivity contribution >= 4 is 34.0 Å². The van der Waals surface area contributed by atoms with Gasteiger partial charge in [0.25, 0.3) is 11.8 Å². The zero-order valence-corrected chi connectivity index (χ0v) is 16.8. The molecule has 1 aliphatic rings. The van der Waals surface area contributed by atoms with Crippen molar-refractivity contribution in [2.45, 2.75) is 12.8 Å². The summed E-state index contributed by atoms with van der Waals surface area (Å²) in [6.45, 7) is 1.58. The van der Waals surface area contributed by atoms with Crippen molar-refractivity contribution in [2.24, 2.45) is 0 Å². The second-order valence-electron chi connectivity index (χ2n) is 7.64. The molecule has 0 unspecified atom stereocenters. The second kappa shape index (κ2) is 7.95. The summed E-state index contributed by atoms with van der Waals surface area (Å²) < 4.78 is 0. The number of rotatable bonds is 4. The van der Waals surface area contributed by atoms with Crippen LogP contribution in [0.1, 0.15) is 33.6 Å². The molecule has 0 saturated carbocycles. The molecule has 5 nitrogen and oxygen atoms in total. The fraction of sp³-hybridized carbons (Fsp3) is 0.250. The van der Waals surface area contributed by atoms with Gasteiger partial charge in [-0.2, -0.15) is 0 Å². The molecule has 29 heavy (non-hydrogen) atoms. The topological polar surface area (TPSA) is 52.7 Å². The largest absolute Gasteiger partial charge is 0.377 e. The first-order valence-corrected chi connectivity index (χ1v) is 9.94. The summed E-state index contributed by atoms with van der Waals surface area (Å²) in [6.07, 6.45) is 2.09. The maximum atomic E-state index is 13.0. The number of carbonyl (C=O) groups is 2. The van der Waals surface area contributed by atoms with Gasteiger partial charge in [-0.1, -0.05) is 30.3 Å². The van der Waals surface area contributed by atoms with Gasteiger partial charge in [0.15, 0.2) is 0 Å². The van der Waals surface area contributed by atoms with Crippen LogP contribution >= 0.6 is 0 Å². The highest BCUT2D eigenvalue weighted by molar-refractivity contribution is 6.08. The Balaban J connectivity index is 1.61. The van der Waals surface area contributed by atoms with Gasteiger partial charge < -0.3 is 15.1 Å². The zero-order valence-electron chi connectivity index (χ0n) is 16.8. The third-order valence-electron chi connectivity index (χ3n) is 5.37. The Bertz CT molecular complexity index is 1070. The molecule has 1 fully saturated rings. The molecular formula is C24H25N3O2. The third-order valence-corrected chi connectivity index (χ3v) is 5.37. The Morgan fingerprint density at radius 2 is 1.62 bits per heavy atom. The van der Waals surface area contributed by atoms with Gasteiger partial charge in [0.05, 0.1) is 5.56 Å². The van der Waals surface area contributed by atoms with Gasteiger partial charge in [0.1, 0.15) is 0 Å². The van der Waals surface area contributed by atoms with Gasteiger partial charge in [-0.25, -0.2) is 0 Å². The molecule has 0 bridgehead atoms. The number of hydrogen-bond acceptors (Lipinski definition) is 3. The lowest BCUT2D eigenvalue weighted by atomic mass is 10.1. The predicted molar refractivity (Wildman–Crippen MR) is 118 cm³/mol. The van der Waals surface area contributed by atoms with Crippen molar-refractivity contribution in [1.82, 2.24) is 4.90 Å². The SMILES string of the molecule is CN(C)c1ccc(NC(=O)c2ccc3ccccc3c2)cc1C(=O)N1CCCC1. The van der Waals surface area contributed by atoms with E-state index in [-0.39, 0.29) is 11.8 Å². The maximum absolute atomic E-state index is 13.0. The summed E-state index contributed by atoms with van der Waals surface area (Å²) in [7, 11) is 3.84. The highest BCUT2D eigenvalue weighted by atomic mass is 16.2. The van der Waals surface area contributed by atoms with Crippen molar-refractivity contribution in [3.8, 4) is 0 Å². The average Bonchev–Trinajstić information content (AvgIpc) is 3.27. The van der Waals surface area contributed by atoms with E-state index in [1.165, 1.54) is 0 Å². The van der Waals surface area contributed by atoms with Crippen LogP contribution in [0.25, 0.3) is 10.8 Å². The van der Waals surface area contributed by atoms with Crippen LogP contribution in [0.15, 0.2) is 60.7 Å². The van der Waals surface area contributed by atoms with Crippen LogP contribution in [-0.4, -0.2) is 43.9 Å². The second-order valence-corrected chi connectivity index (χ2v) is 7.64. The summed E-state index contributed by atoms with van der Waals surface area (Å²) in [5.41, 5.74) is 2.68. The van der Waals surface area contributed by atoms with E-state index in [0.29, 0.717) is 16.8 Å². The zero-order chi connectivity index (χ0) is 20.4. The standard InChI is InChI=1S/C24H25N3O2/c1-26(2)22-12-11-20(16-21(22)24(29)27-13-5-6-14-27)25-23(28)19-10-9-17-7-3-4-8-18(17)15-19/h3-4,7-12,15-16H,5-6,13-14H2,1-2H3,(H,25,28). The van der Waals surface area contributed by atoms with Crippen molar-refractivity contribution in [2.75, 3.05) is 37.4 Å². The van der Waals surface area contributed by atoms with E-state index >= 15 is 0 Å². The van der Waals surface area contributed by atoms with Gasteiger partial charge in [0, 0.05) is 44.1 Å². The minimum atomic E-state index is -0.187. The number of fused-ring (bicyclic) bond motifs is 1. The summed E-state index contributed by atoms with van der Waals surface area (Å²) in [4.78, 5) is 29.6. The number of likely N-dealkylation sites (tertiary alicyclic amines) is 1. The Morgan fingerprint density at radius 3 is 2.34 bits per heavy atom. The van der Waals surface area contributed by atoms with E-state index in [0.717, 1.165) is 42.4 Å². The van der Waals surface area contributed by atoms with Gasteiger partial charge in [-0.3, -0.25) is 9.59 Å². The maximum Gasteiger partial charge on any atom is 0.256 e. The molecule has 0 aromatic heterocycles. The Kier molecular flexibility index (Phi) is 5.21. The summed E-state index contributed by atoms with van der Waals surface area (Å²) in [5, 5.41) is 5.06. The molecule has 1 aliphatic heterocycles. The average molecular weight is 387 g/mol. The number of hydrogen-bond donors (Lipinski definition) is 1. The number of nitrogens with one attached hydrogen (secondary N) is 1. The van der Waals surface area contributed by atoms with Gasteiger partial charge in [-0.15, -0.1) is 0 Å². The molecule has 1 saturated heterocycles. The molecule has 0 radical (unpaired) electrons. The first kappa shape index (κ1) is 19.0. The molecule has 3 aromatic rings. The van der Waals surface area contributed by atoms with E-state index in [1.807, 2.05) is 78.5 Å². The molecular weight excluding hydrogens is 362 g/mol. The van der Waals surface area contributed by atoms with E-state index in [9.17, 15) is 9.59 Å². The van der Waals surface area contributed by atoms with Crippen LogP contribution in [0.3, 0.4) is 0 Å². The molecule has 1 N–H and O–H groups in total. The number of amides is 2. The Labute approximate surface area is 170 Å². The summed E-state index contributed by atoms with van der Waals surface area (Å²) in [6, 6.07) is 19.1. The van der Waals surface area contributed by atoms with E-state index in [2.05, 4.69) is 5.32 Å². The first-order chi connectivity index (χ1) is 14.0. The first-order valence-electron chi connectivity index (χ1n) is 9.94. The highest BCUT2D eigenvalue weighted by Crippen LogP contribution is 2.26. The molecule has 3 aromatic carbocycles. The van der Waals surface area contributed by atoms with Crippen LogP contribution in [0.2, 0.25) is 0 Å². The predicted octanol–water partition coefficient (Wildman–Crippen LogP) is 4.39. The van der Waals surface area contributed by atoms with Crippen molar-refractivity contribution in [1.29, 1.82) is 0 Å². The Hall–Kier alpha value is -3.34. The minimum absolute atomic E-state index is 0.0213. The van der Waals surface area contributed by atoms with Gasteiger partial charge in [-0.05, 0) is 53.9 Å². The van der Waals surface area contributed by atoms with Gasteiger partial charge >= 0.3 is 0 Å². The fourth-order valence-corrected chi connectivity index (χ4v) is 3.80. The smallest absolute Gasteiger partial charge is 0.256 e. The number of carbonyl (C=O) groups excluding carboxylic acids is 2. The molecule has 0 spiro atoms. The molecule has 148 valence electrons. The lowest BCUT2D eigenvalue weighted by molar-refractivity contribution is 0.0793. The molecule has 5 heteroatoms. The van der Waals surface area contributed by atoms with E-state index in [4.69, 9.17) is 0 Å². The third kappa shape index (κ3) is 3.94. The van der Waals surface area contributed by atoms with Crippen molar-refractivity contribution in [3.63, 3.8) is 0 Å². The lowest BCUT2D eigenvalue weighted by Gasteiger charge is -2.22. The number of nitrogens with zero attached hydrogens (tertiary/aromatic N) is 2. The van der Waals surface area contributed by atoms with E-state index in [1.54, 1.807) is 6.07 Å².